The van der Waals surface area contributed by atoms with Crippen LogP contribution in [0.4, 0.5) is 5.69 Å². The molecule has 3 aliphatic rings. The standard InChI is InChI=1S/C22H26N6O3/c1-12-19(20(27(2)26-12)15-9-23-10-15)24-8-13-3-4-16-14(7-13)11-28(22(16)31)17-5-6-18(29)25-21(17)30/h3-4,7,15,17,23-24H,5-6,8-11H2,1-2H3,(H,25,29,30). The van der Waals surface area contributed by atoms with E-state index in [2.05, 4.69) is 21.0 Å². The number of carbonyl (C=O) groups is 3. The predicted molar refractivity (Wildman–Crippen MR) is 113 cm³/mol. The fourth-order valence-electron chi connectivity index (χ4n) is 4.77. The fraction of sp³-hybridized carbons (Fsp3) is 0.455. The summed E-state index contributed by atoms with van der Waals surface area (Å²) in [5, 5.41) is 13.8. The van der Waals surface area contributed by atoms with Crippen LogP contribution < -0.4 is 16.0 Å². The maximum Gasteiger partial charge on any atom is 0.255 e. The number of fused-ring (bicyclic) bond motifs is 1. The van der Waals surface area contributed by atoms with Gasteiger partial charge in [-0.05, 0) is 30.5 Å². The van der Waals surface area contributed by atoms with Crippen LogP contribution in [0.25, 0.3) is 0 Å². The van der Waals surface area contributed by atoms with E-state index in [1.807, 2.05) is 36.9 Å². The lowest BCUT2D eigenvalue weighted by molar-refractivity contribution is -0.136. The number of amides is 3. The van der Waals surface area contributed by atoms with Gasteiger partial charge in [0.1, 0.15) is 6.04 Å². The molecule has 0 bridgehead atoms. The summed E-state index contributed by atoms with van der Waals surface area (Å²) in [6.45, 7) is 4.95. The lowest BCUT2D eigenvalue weighted by atomic mass is 9.97. The number of aromatic nitrogens is 2. The molecule has 3 N–H and O–H groups in total. The number of piperidine rings is 1. The van der Waals surface area contributed by atoms with Crippen LogP contribution in [0.1, 0.15) is 51.6 Å². The topological polar surface area (TPSA) is 108 Å². The lowest BCUT2D eigenvalue weighted by Gasteiger charge is -2.29. The van der Waals surface area contributed by atoms with Crippen molar-refractivity contribution in [3.63, 3.8) is 0 Å². The molecular weight excluding hydrogens is 396 g/mol. The Kier molecular flexibility index (Phi) is 4.77. The molecule has 3 amide bonds. The zero-order chi connectivity index (χ0) is 21.7. The number of benzene rings is 1. The van der Waals surface area contributed by atoms with Gasteiger partial charge in [-0.3, -0.25) is 24.4 Å². The first-order valence-electron chi connectivity index (χ1n) is 10.7. The van der Waals surface area contributed by atoms with Crippen LogP contribution in [0.2, 0.25) is 0 Å². The Balaban J connectivity index is 1.31. The molecule has 2 fully saturated rings. The van der Waals surface area contributed by atoms with E-state index >= 15 is 0 Å². The molecule has 1 aromatic carbocycles. The zero-order valence-corrected chi connectivity index (χ0v) is 17.7. The minimum Gasteiger partial charge on any atom is -0.378 e. The Hall–Kier alpha value is -3.20. The summed E-state index contributed by atoms with van der Waals surface area (Å²) in [6.07, 6.45) is 0.632. The molecule has 162 valence electrons. The summed E-state index contributed by atoms with van der Waals surface area (Å²) < 4.78 is 1.96. The van der Waals surface area contributed by atoms with Crippen LogP contribution in [-0.4, -0.2) is 51.5 Å². The molecule has 5 rings (SSSR count). The van der Waals surface area contributed by atoms with Gasteiger partial charge in [-0.15, -0.1) is 0 Å². The molecule has 1 unspecified atom stereocenters. The smallest absolute Gasteiger partial charge is 0.255 e. The first-order valence-corrected chi connectivity index (χ1v) is 10.7. The molecule has 0 saturated carbocycles. The molecule has 4 heterocycles. The van der Waals surface area contributed by atoms with Crippen LogP contribution in [0.15, 0.2) is 18.2 Å². The van der Waals surface area contributed by atoms with Crippen LogP contribution in [-0.2, 0) is 29.7 Å². The summed E-state index contributed by atoms with van der Waals surface area (Å²) in [7, 11) is 1.98. The van der Waals surface area contributed by atoms with Gasteiger partial charge in [0.05, 0.1) is 17.1 Å². The van der Waals surface area contributed by atoms with Gasteiger partial charge in [0.2, 0.25) is 11.8 Å². The number of hydrogen-bond acceptors (Lipinski definition) is 6. The van der Waals surface area contributed by atoms with Crippen molar-refractivity contribution in [1.29, 1.82) is 0 Å². The van der Waals surface area contributed by atoms with Crippen molar-refractivity contribution in [1.82, 2.24) is 25.3 Å². The average molecular weight is 422 g/mol. The second kappa shape index (κ2) is 7.49. The van der Waals surface area contributed by atoms with Gasteiger partial charge in [0.25, 0.3) is 5.91 Å². The largest absolute Gasteiger partial charge is 0.378 e. The van der Waals surface area contributed by atoms with Crippen molar-refractivity contribution in [3.05, 3.63) is 46.3 Å². The molecule has 1 atom stereocenters. The van der Waals surface area contributed by atoms with Crippen molar-refractivity contribution in [2.24, 2.45) is 7.05 Å². The number of rotatable bonds is 5. The zero-order valence-electron chi connectivity index (χ0n) is 17.7. The summed E-state index contributed by atoms with van der Waals surface area (Å²) >= 11 is 0. The quantitative estimate of drug-likeness (QED) is 0.615. The fourth-order valence-corrected chi connectivity index (χ4v) is 4.77. The van der Waals surface area contributed by atoms with Crippen LogP contribution in [0.3, 0.4) is 0 Å². The number of nitrogens with zero attached hydrogens (tertiary/aromatic N) is 3. The summed E-state index contributed by atoms with van der Waals surface area (Å²) in [5.41, 5.74) is 5.89. The maximum atomic E-state index is 12.8. The molecule has 9 heteroatoms. The van der Waals surface area contributed by atoms with Crippen LogP contribution >= 0.6 is 0 Å². The molecule has 2 aromatic rings. The molecule has 0 aliphatic carbocycles. The van der Waals surface area contributed by atoms with E-state index in [0.29, 0.717) is 31.0 Å². The molecule has 9 nitrogen and oxygen atoms in total. The minimum atomic E-state index is -0.587. The third-order valence-corrected chi connectivity index (χ3v) is 6.49. The van der Waals surface area contributed by atoms with E-state index in [0.717, 1.165) is 35.6 Å². The third kappa shape index (κ3) is 3.38. The monoisotopic (exact) mass is 422 g/mol. The number of anilines is 1. The number of nitrogens with one attached hydrogen (secondary N) is 3. The molecule has 2 saturated heterocycles. The summed E-state index contributed by atoms with van der Waals surface area (Å²) in [5.74, 6) is -0.341. The van der Waals surface area contributed by atoms with Gasteiger partial charge < -0.3 is 15.5 Å². The number of hydrogen-bond donors (Lipinski definition) is 3. The molecule has 1 aromatic heterocycles. The van der Waals surface area contributed by atoms with Crippen molar-refractivity contribution in [3.8, 4) is 0 Å². The normalized spacial score (nSPS) is 21.2. The van der Waals surface area contributed by atoms with Crippen molar-refractivity contribution < 1.29 is 14.4 Å². The summed E-state index contributed by atoms with van der Waals surface area (Å²) in [6, 6.07) is 5.24. The van der Waals surface area contributed by atoms with Crippen LogP contribution in [0, 0.1) is 6.92 Å². The van der Waals surface area contributed by atoms with E-state index in [1.54, 1.807) is 4.90 Å². The van der Waals surface area contributed by atoms with Crippen molar-refractivity contribution >= 4 is 23.4 Å². The SMILES string of the molecule is Cc1nn(C)c(C2CNC2)c1NCc1ccc2c(c1)CN(C1CCC(=O)NC1=O)C2=O. The van der Waals surface area contributed by atoms with Crippen molar-refractivity contribution in [2.45, 2.75) is 44.8 Å². The summed E-state index contributed by atoms with van der Waals surface area (Å²) in [4.78, 5) is 38.1. The average Bonchev–Trinajstić information content (AvgIpc) is 3.15. The molecular formula is C22H26N6O3. The first kappa shape index (κ1) is 19.7. The molecule has 3 aliphatic heterocycles. The Labute approximate surface area is 180 Å². The molecule has 0 spiro atoms. The third-order valence-electron chi connectivity index (χ3n) is 6.49. The highest BCUT2D eigenvalue weighted by Gasteiger charge is 2.39. The Morgan fingerprint density at radius 2 is 2.03 bits per heavy atom. The molecule has 0 radical (unpaired) electrons. The van der Waals surface area contributed by atoms with Gasteiger partial charge in [-0.25, -0.2) is 0 Å². The predicted octanol–water partition coefficient (Wildman–Crippen LogP) is 0.788. The molecule has 31 heavy (non-hydrogen) atoms. The Morgan fingerprint density at radius 3 is 2.74 bits per heavy atom. The highest BCUT2D eigenvalue weighted by Crippen LogP contribution is 2.31. The second-order valence-electron chi connectivity index (χ2n) is 8.57. The minimum absolute atomic E-state index is 0.146. The second-order valence-corrected chi connectivity index (χ2v) is 8.57. The highest BCUT2D eigenvalue weighted by molar-refractivity contribution is 6.05. The maximum absolute atomic E-state index is 12.8. The number of imide groups is 1. The van der Waals surface area contributed by atoms with Gasteiger partial charge in [0.15, 0.2) is 0 Å². The number of carbonyl (C=O) groups excluding carboxylic acids is 3. The van der Waals surface area contributed by atoms with E-state index in [4.69, 9.17) is 0 Å². The van der Waals surface area contributed by atoms with E-state index in [1.165, 1.54) is 5.69 Å². The number of aryl methyl sites for hydroxylation is 2. The lowest BCUT2D eigenvalue weighted by Crippen LogP contribution is -2.52. The van der Waals surface area contributed by atoms with E-state index in [9.17, 15) is 14.4 Å². The van der Waals surface area contributed by atoms with Gasteiger partial charge in [-0.1, -0.05) is 12.1 Å². The van der Waals surface area contributed by atoms with Gasteiger partial charge in [-0.2, -0.15) is 5.10 Å². The van der Waals surface area contributed by atoms with Crippen LogP contribution in [0.5, 0.6) is 0 Å². The van der Waals surface area contributed by atoms with E-state index in [-0.39, 0.29) is 24.1 Å². The van der Waals surface area contributed by atoms with Crippen molar-refractivity contribution in [2.75, 3.05) is 18.4 Å². The Morgan fingerprint density at radius 1 is 1.23 bits per heavy atom. The van der Waals surface area contributed by atoms with Gasteiger partial charge >= 0.3 is 0 Å². The highest BCUT2D eigenvalue weighted by atomic mass is 16.2. The van der Waals surface area contributed by atoms with Gasteiger partial charge in [0, 0.05) is 51.1 Å². The van der Waals surface area contributed by atoms with E-state index < -0.39 is 6.04 Å². The Bertz CT molecular complexity index is 1090. The first-order chi connectivity index (χ1) is 14.9.